The molecule has 1 heterocycles. The van der Waals surface area contributed by atoms with Gasteiger partial charge in [-0.25, -0.2) is 4.39 Å². The number of nitrogens with zero attached hydrogens (tertiary/aromatic N) is 1. The molecular formula is C12H12ClFN2O2. The van der Waals surface area contributed by atoms with Gasteiger partial charge in [0.2, 0.25) is 5.91 Å². The molecule has 0 aromatic heterocycles. The molecule has 2 amide bonds. The smallest absolute Gasteiger partial charge is 0.256 e. The molecule has 18 heavy (non-hydrogen) atoms. The normalized spacial score (nSPS) is 19.2. The SMILES string of the molecule is CN1CC(NC(=O)c2c(F)cccc2Cl)CC1=O. The quantitative estimate of drug-likeness (QED) is 0.884. The van der Waals surface area contributed by atoms with Crippen molar-refractivity contribution in [3.05, 3.63) is 34.6 Å². The van der Waals surface area contributed by atoms with E-state index in [0.29, 0.717) is 6.54 Å². The van der Waals surface area contributed by atoms with Crippen LogP contribution in [0.4, 0.5) is 4.39 Å². The molecule has 1 aromatic carbocycles. The van der Waals surface area contributed by atoms with Gasteiger partial charge in [-0.2, -0.15) is 0 Å². The van der Waals surface area contributed by atoms with E-state index >= 15 is 0 Å². The van der Waals surface area contributed by atoms with E-state index in [9.17, 15) is 14.0 Å². The van der Waals surface area contributed by atoms with Crippen LogP contribution in [0.3, 0.4) is 0 Å². The molecule has 1 aliphatic heterocycles. The average molecular weight is 271 g/mol. The summed E-state index contributed by atoms with van der Waals surface area (Å²) in [5.41, 5.74) is -0.179. The van der Waals surface area contributed by atoms with Gasteiger partial charge in [0.1, 0.15) is 5.82 Å². The van der Waals surface area contributed by atoms with E-state index in [-0.39, 0.29) is 29.0 Å². The summed E-state index contributed by atoms with van der Waals surface area (Å²) in [6, 6.07) is 3.75. The molecule has 2 rings (SSSR count). The van der Waals surface area contributed by atoms with Gasteiger partial charge in [-0.15, -0.1) is 0 Å². The van der Waals surface area contributed by atoms with Crippen LogP contribution in [0.2, 0.25) is 5.02 Å². The summed E-state index contributed by atoms with van der Waals surface area (Å²) in [5.74, 6) is -1.30. The molecule has 0 spiro atoms. The highest BCUT2D eigenvalue weighted by molar-refractivity contribution is 6.33. The molecule has 96 valence electrons. The van der Waals surface area contributed by atoms with Crippen molar-refractivity contribution in [2.45, 2.75) is 12.5 Å². The molecule has 1 aliphatic rings. The third kappa shape index (κ3) is 2.46. The number of hydrogen-bond donors (Lipinski definition) is 1. The highest BCUT2D eigenvalue weighted by atomic mass is 35.5. The zero-order valence-electron chi connectivity index (χ0n) is 9.74. The highest BCUT2D eigenvalue weighted by Gasteiger charge is 2.29. The van der Waals surface area contributed by atoms with E-state index in [1.165, 1.54) is 23.1 Å². The first-order chi connectivity index (χ1) is 8.49. The molecule has 1 N–H and O–H groups in total. The maximum absolute atomic E-state index is 13.5. The lowest BCUT2D eigenvalue weighted by atomic mass is 10.1. The molecule has 0 radical (unpaired) electrons. The number of amides is 2. The first-order valence-electron chi connectivity index (χ1n) is 5.48. The second-order valence-corrected chi connectivity index (χ2v) is 4.65. The molecule has 1 unspecified atom stereocenters. The summed E-state index contributed by atoms with van der Waals surface area (Å²) >= 11 is 5.79. The fourth-order valence-electron chi connectivity index (χ4n) is 1.93. The lowest BCUT2D eigenvalue weighted by Crippen LogP contribution is -2.37. The van der Waals surface area contributed by atoms with Gasteiger partial charge in [-0.05, 0) is 12.1 Å². The Hall–Kier alpha value is -1.62. The van der Waals surface area contributed by atoms with Gasteiger partial charge in [0, 0.05) is 20.0 Å². The fraction of sp³-hybridized carbons (Fsp3) is 0.333. The van der Waals surface area contributed by atoms with Gasteiger partial charge in [-0.3, -0.25) is 9.59 Å². The third-order valence-corrected chi connectivity index (χ3v) is 3.18. The van der Waals surface area contributed by atoms with Gasteiger partial charge >= 0.3 is 0 Å². The van der Waals surface area contributed by atoms with Crippen LogP contribution in [0.15, 0.2) is 18.2 Å². The summed E-state index contributed by atoms with van der Waals surface area (Å²) < 4.78 is 13.5. The lowest BCUT2D eigenvalue weighted by Gasteiger charge is -2.13. The molecular weight excluding hydrogens is 259 g/mol. The van der Waals surface area contributed by atoms with Crippen LogP contribution in [0, 0.1) is 5.82 Å². The van der Waals surface area contributed by atoms with Crippen LogP contribution in [-0.4, -0.2) is 36.3 Å². The second kappa shape index (κ2) is 4.94. The Balaban J connectivity index is 2.11. The predicted octanol–water partition coefficient (Wildman–Crippen LogP) is 1.44. The van der Waals surface area contributed by atoms with Gasteiger partial charge in [0.15, 0.2) is 0 Å². The van der Waals surface area contributed by atoms with Gasteiger partial charge in [0.25, 0.3) is 5.91 Å². The van der Waals surface area contributed by atoms with Gasteiger partial charge in [0.05, 0.1) is 16.6 Å². The molecule has 1 fully saturated rings. The Kier molecular flexibility index (Phi) is 3.52. The molecule has 1 saturated heterocycles. The Labute approximate surface area is 109 Å². The maximum atomic E-state index is 13.5. The maximum Gasteiger partial charge on any atom is 0.256 e. The first-order valence-corrected chi connectivity index (χ1v) is 5.85. The van der Waals surface area contributed by atoms with Crippen LogP contribution >= 0.6 is 11.6 Å². The number of likely N-dealkylation sites (tertiary alicyclic amines) is 1. The Morgan fingerprint density at radius 3 is 2.83 bits per heavy atom. The van der Waals surface area contributed by atoms with E-state index in [0.717, 1.165) is 0 Å². The van der Waals surface area contributed by atoms with Crippen molar-refractivity contribution in [1.82, 2.24) is 10.2 Å². The van der Waals surface area contributed by atoms with E-state index in [1.807, 2.05) is 0 Å². The standard InChI is InChI=1S/C12H12ClFN2O2/c1-16-6-7(5-10(16)17)15-12(18)11-8(13)3-2-4-9(11)14/h2-4,7H,5-6H2,1H3,(H,15,18). The van der Waals surface area contributed by atoms with Crippen molar-refractivity contribution in [3.63, 3.8) is 0 Å². The van der Waals surface area contributed by atoms with Crippen LogP contribution in [-0.2, 0) is 4.79 Å². The number of likely N-dealkylation sites (N-methyl/N-ethyl adjacent to an activating group) is 1. The first kappa shape index (κ1) is 12.8. The monoisotopic (exact) mass is 270 g/mol. The Morgan fingerprint density at radius 2 is 2.28 bits per heavy atom. The summed E-state index contributed by atoms with van der Waals surface area (Å²) in [4.78, 5) is 24.7. The number of benzene rings is 1. The van der Waals surface area contributed by atoms with Crippen molar-refractivity contribution >= 4 is 23.4 Å². The van der Waals surface area contributed by atoms with E-state index in [1.54, 1.807) is 7.05 Å². The van der Waals surface area contributed by atoms with Crippen molar-refractivity contribution in [2.75, 3.05) is 13.6 Å². The molecule has 0 saturated carbocycles. The number of carbonyl (C=O) groups excluding carboxylic acids is 2. The third-order valence-electron chi connectivity index (χ3n) is 2.87. The van der Waals surface area contributed by atoms with Crippen LogP contribution in [0.5, 0.6) is 0 Å². The lowest BCUT2D eigenvalue weighted by molar-refractivity contribution is -0.126. The predicted molar refractivity (Wildman–Crippen MR) is 64.9 cm³/mol. The Bertz CT molecular complexity index is 487. The van der Waals surface area contributed by atoms with Crippen LogP contribution < -0.4 is 5.32 Å². The number of carbonyl (C=O) groups is 2. The largest absolute Gasteiger partial charge is 0.347 e. The van der Waals surface area contributed by atoms with Gasteiger partial charge < -0.3 is 10.2 Å². The topological polar surface area (TPSA) is 49.4 Å². The van der Waals surface area contributed by atoms with Crippen molar-refractivity contribution in [1.29, 1.82) is 0 Å². The number of rotatable bonds is 2. The molecule has 6 heteroatoms. The summed E-state index contributed by atoms with van der Waals surface area (Å²) in [5, 5.41) is 2.67. The zero-order valence-corrected chi connectivity index (χ0v) is 10.5. The number of hydrogen-bond acceptors (Lipinski definition) is 2. The molecule has 1 aromatic rings. The number of nitrogens with one attached hydrogen (secondary N) is 1. The summed E-state index contributed by atoms with van der Waals surface area (Å²) in [6.07, 6.45) is 0.230. The van der Waals surface area contributed by atoms with Crippen molar-refractivity contribution in [3.8, 4) is 0 Å². The van der Waals surface area contributed by atoms with E-state index in [4.69, 9.17) is 11.6 Å². The summed E-state index contributed by atoms with van der Waals surface area (Å²) in [7, 11) is 1.66. The average Bonchev–Trinajstić information content (AvgIpc) is 2.57. The van der Waals surface area contributed by atoms with Crippen molar-refractivity contribution in [2.24, 2.45) is 0 Å². The van der Waals surface area contributed by atoms with Crippen LogP contribution in [0.1, 0.15) is 16.8 Å². The van der Waals surface area contributed by atoms with Crippen molar-refractivity contribution < 1.29 is 14.0 Å². The fourth-order valence-corrected chi connectivity index (χ4v) is 2.18. The number of halogens is 2. The molecule has 0 bridgehead atoms. The minimum Gasteiger partial charge on any atom is -0.347 e. The Morgan fingerprint density at radius 1 is 1.56 bits per heavy atom. The van der Waals surface area contributed by atoms with Crippen LogP contribution in [0.25, 0.3) is 0 Å². The van der Waals surface area contributed by atoms with E-state index < -0.39 is 11.7 Å². The highest BCUT2D eigenvalue weighted by Crippen LogP contribution is 2.19. The molecule has 0 aliphatic carbocycles. The second-order valence-electron chi connectivity index (χ2n) is 4.25. The molecule has 4 nitrogen and oxygen atoms in total. The zero-order chi connectivity index (χ0) is 13.3. The summed E-state index contributed by atoms with van der Waals surface area (Å²) in [6.45, 7) is 0.427. The minimum atomic E-state index is -0.669. The van der Waals surface area contributed by atoms with E-state index in [2.05, 4.69) is 5.32 Å². The minimum absolute atomic E-state index is 0.0417. The molecule has 1 atom stereocenters. The van der Waals surface area contributed by atoms with Gasteiger partial charge in [-0.1, -0.05) is 17.7 Å².